The summed E-state index contributed by atoms with van der Waals surface area (Å²) in [4.78, 5) is 0. The Morgan fingerprint density at radius 2 is 1.57 bits per heavy atom. The Kier molecular flexibility index (Phi) is 5.56. The average molecular weight is 585 g/mol. The first-order valence-electron chi connectivity index (χ1n) is 7.52. The van der Waals surface area contributed by atoms with E-state index in [0.29, 0.717) is 5.75 Å². The standard InChI is InChI=1S/C17H12BrF6IO3/c1-26-9-7-11(18)14(13(8-9)27-2)25-12-6-4-3-5-10(12)15(28-25,16(19,20)21)17(22,23)24/h3-8H,1-2H3. The Hall–Kier alpha value is -1.21. The van der Waals surface area contributed by atoms with Crippen molar-refractivity contribution in [2.45, 2.75) is 18.0 Å². The van der Waals surface area contributed by atoms with Crippen LogP contribution in [0.2, 0.25) is 0 Å². The number of alkyl halides is 6. The van der Waals surface area contributed by atoms with Gasteiger partial charge >= 0.3 is 172 Å². The van der Waals surface area contributed by atoms with Gasteiger partial charge in [0.15, 0.2) is 0 Å². The zero-order valence-corrected chi connectivity index (χ0v) is 18.0. The molecular formula is C17H12BrF6IO3. The van der Waals surface area contributed by atoms with Crippen LogP contribution in [0, 0.1) is 7.14 Å². The molecule has 0 fully saturated rings. The molecule has 2 aromatic carbocycles. The van der Waals surface area contributed by atoms with Crippen molar-refractivity contribution in [3.8, 4) is 11.5 Å². The molecule has 3 nitrogen and oxygen atoms in total. The second-order valence-corrected chi connectivity index (χ2v) is 10.6. The number of fused-ring (bicyclic) bond motifs is 1. The minimum absolute atomic E-state index is 0.0892. The van der Waals surface area contributed by atoms with Crippen LogP contribution in [0.1, 0.15) is 5.56 Å². The third-order valence-corrected chi connectivity index (χ3v) is 10.6. The van der Waals surface area contributed by atoms with E-state index >= 15 is 0 Å². The Labute approximate surface area is 172 Å². The second kappa shape index (κ2) is 7.24. The molecule has 0 aromatic heterocycles. The normalized spacial score (nSPS) is 17.4. The SMILES string of the molecule is COc1cc(Br)c(I2OC(C(F)(F)F)(C(F)(F)F)c3ccccc32)c(OC)c1. The third kappa shape index (κ3) is 3.15. The van der Waals surface area contributed by atoms with Crippen LogP contribution in [-0.4, -0.2) is 26.6 Å². The molecule has 0 aliphatic carbocycles. The molecular weight excluding hydrogens is 573 g/mol. The Bertz CT molecular complexity index is 885. The van der Waals surface area contributed by atoms with Crippen molar-refractivity contribution in [3.63, 3.8) is 0 Å². The summed E-state index contributed by atoms with van der Waals surface area (Å²) in [7, 11) is 2.64. The molecule has 0 spiro atoms. The van der Waals surface area contributed by atoms with E-state index < -0.39 is 43.8 Å². The monoisotopic (exact) mass is 584 g/mol. The summed E-state index contributed by atoms with van der Waals surface area (Å²) in [6.07, 6.45) is -11.4. The van der Waals surface area contributed by atoms with Gasteiger partial charge in [0.2, 0.25) is 0 Å². The summed E-state index contributed by atoms with van der Waals surface area (Å²) >= 11 is -0.469. The van der Waals surface area contributed by atoms with Crippen LogP contribution in [0.15, 0.2) is 40.9 Å². The van der Waals surface area contributed by atoms with E-state index in [1.807, 2.05) is 0 Å². The summed E-state index contributed by atoms with van der Waals surface area (Å²) in [6.45, 7) is 0. The molecule has 0 saturated carbocycles. The van der Waals surface area contributed by atoms with E-state index in [9.17, 15) is 26.3 Å². The average Bonchev–Trinajstić information content (AvgIpc) is 2.97. The molecule has 1 heterocycles. The zero-order chi connectivity index (χ0) is 20.9. The van der Waals surface area contributed by atoms with E-state index in [4.69, 9.17) is 12.5 Å². The van der Waals surface area contributed by atoms with Gasteiger partial charge in [-0.2, -0.15) is 0 Å². The summed E-state index contributed by atoms with van der Waals surface area (Å²) in [5.41, 5.74) is -5.31. The maximum absolute atomic E-state index is 13.8. The van der Waals surface area contributed by atoms with Crippen LogP contribution in [0.5, 0.6) is 11.5 Å². The maximum atomic E-state index is 13.8. The molecule has 0 N–H and O–H groups in total. The molecule has 2 aromatic rings. The van der Waals surface area contributed by atoms with Gasteiger partial charge in [0.25, 0.3) is 0 Å². The predicted octanol–water partition coefficient (Wildman–Crippen LogP) is 6.28. The van der Waals surface area contributed by atoms with Crippen molar-refractivity contribution in [2.24, 2.45) is 0 Å². The Balaban J connectivity index is 2.30. The molecule has 0 amide bonds. The first-order valence-corrected chi connectivity index (χ1v) is 11.3. The van der Waals surface area contributed by atoms with Crippen LogP contribution < -0.4 is 9.47 Å². The summed E-state index contributed by atoms with van der Waals surface area (Å²) in [6, 6.07) is 7.42. The van der Waals surface area contributed by atoms with Gasteiger partial charge < -0.3 is 0 Å². The molecule has 0 atom stereocenters. The fourth-order valence-electron chi connectivity index (χ4n) is 2.76. The number of benzene rings is 2. The van der Waals surface area contributed by atoms with Crippen LogP contribution in [0.25, 0.3) is 0 Å². The molecule has 0 bridgehead atoms. The molecule has 0 unspecified atom stereocenters. The van der Waals surface area contributed by atoms with E-state index in [1.165, 1.54) is 38.5 Å². The number of methoxy groups -OCH3 is 2. The van der Waals surface area contributed by atoms with E-state index in [2.05, 4.69) is 15.9 Å². The summed E-state index contributed by atoms with van der Waals surface area (Å²) in [5, 5.41) is 0. The molecule has 154 valence electrons. The minimum atomic E-state index is -5.69. The van der Waals surface area contributed by atoms with E-state index in [-0.39, 0.29) is 17.4 Å². The number of halogens is 8. The van der Waals surface area contributed by atoms with Crippen LogP contribution in [0.4, 0.5) is 26.3 Å². The van der Waals surface area contributed by atoms with Gasteiger partial charge in [-0.1, -0.05) is 0 Å². The van der Waals surface area contributed by atoms with Crippen molar-refractivity contribution < 1.29 is 38.9 Å². The fourth-order valence-corrected chi connectivity index (χ4v) is 9.64. The van der Waals surface area contributed by atoms with Gasteiger partial charge in [-0.05, 0) is 0 Å². The topological polar surface area (TPSA) is 27.7 Å². The Morgan fingerprint density at radius 3 is 2.11 bits per heavy atom. The number of ether oxygens (including phenoxy) is 2. The molecule has 3 rings (SSSR count). The summed E-state index contributed by atoms with van der Waals surface area (Å²) in [5.74, 6) is 0.417. The van der Waals surface area contributed by atoms with Gasteiger partial charge in [0.1, 0.15) is 0 Å². The van der Waals surface area contributed by atoms with Crippen molar-refractivity contribution in [3.05, 3.63) is 53.6 Å². The molecule has 1 aliphatic heterocycles. The third-order valence-electron chi connectivity index (χ3n) is 4.02. The van der Waals surface area contributed by atoms with E-state index in [1.54, 1.807) is 0 Å². The van der Waals surface area contributed by atoms with Crippen molar-refractivity contribution in [1.82, 2.24) is 0 Å². The van der Waals surface area contributed by atoms with Gasteiger partial charge in [0.05, 0.1) is 0 Å². The fraction of sp³-hybridized carbons (Fsp3) is 0.294. The van der Waals surface area contributed by atoms with Crippen LogP contribution in [-0.2, 0) is 8.67 Å². The van der Waals surface area contributed by atoms with Gasteiger partial charge in [-0.3, -0.25) is 0 Å². The van der Waals surface area contributed by atoms with Crippen molar-refractivity contribution in [2.75, 3.05) is 14.2 Å². The second-order valence-electron chi connectivity index (χ2n) is 5.61. The first-order chi connectivity index (χ1) is 13.0. The molecule has 11 heteroatoms. The number of hydrogen-bond acceptors (Lipinski definition) is 3. The molecule has 0 radical (unpaired) electrons. The summed E-state index contributed by atoms with van der Waals surface area (Å²) < 4.78 is 98.4. The van der Waals surface area contributed by atoms with Gasteiger partial charge in [-0.25, -0.2) is 0 Å². The van der Waals surface area contributed by atoms with Crippen molar-refractivity contribution >= 4 is 36.2 Å². The number of rotatable bonds is 3. The zero-order valence-electron chi connectivity index (χ0n) is 14.2. The molecule has 1 aliphatic rings. The Morgan fingerprint density at radius 1 is 0.964 bits per heavy atom. The number of hydrogen-bond donors (Lipinski definition) is 0. The van der Waals surface area contributed by atoms with Gasteiger partial charge in [0, 0.05) is 0 Å². The molecule has 0 saturated heterocycles. The molecule has 28 heavy (non-hydrogen) atoms. The van der Waals surface area contributed by atoms with E-state index in [0.717, 1.165) is 12.1 Å². The quantitative estimate of drug-likeness (QED) is 0.314. The van der Waals surface area contributed by atoms with Crippen molar-refractivity contribution in [1.29, 1.82) is 0 Å². The first kappa shape index (κ1) is 21.5. The van der Waals surface area contributed by atoms with Crippen LogP contribution >= 0.6 is 36.2 Å². The van der Waals surface area contributed by atoms with Gasteiger partial charge in [-0.15, -0.1) is 0 Å². The predicted molar refractivity (Wildman–Crippen MR) is 100.0 cm³/mol. The van der Waals surface area contributed by atoms with Crippen LogP contribution in [0.3, 0.4) is 0 Å².